The molecule has 0 atom stereocenters. The van der Waals surface area contributed by atoms with Gasteiger partial charge in [-0.3, -0.25) is 0 Å². The van der Waals surface area contributed by atoms with Gasteiger partial charge in [-0.1, -0.05) is 0 Å². The van der Waals surface area contributed by atoms with E-state index in [4.69, 9.17) is 19.2 Å². The van der Waals surface area contributed by atoms with Crippen molar-refractivity contribution in [1.82, 2.24) is 0 Å². The molecule has 0 aliphatic carbocycles. The molecular weight excluding hydrogens is 252 g/mol. The van der Waals surface area contributed by atoms with Gasteiger partial charge in [0.05, 0.1) is 0 Å². The Morgan fingerprint density at radius 2 is 1.14 bits per heavy atom. The molecule has 7 heavy (non-hydrogen) atoms. The van der Waals surface area contributed by atoms with Gasteiger partial charge in [0.15, 0.2) is 0 Å². The van der Waals surface area contributed by atoms with Crippen LogP contribution in [0.15, 0.2) is 0 Å². The molecule has 0 bridgehead atoms. The van der Waals surface area contributed by atoms with Crippen LogP contribution in [0.5, 0.6) is 0 Å². The summed E-state index contributed by atoms with van der Waals surface area (Å²) >= 11 is 0. The summed E-state index contributed by atoms with van der Waals surface area (Å²) in [5.74, 6) is 0. The van der Waals surface area contributed by atoms with E-state index in [0.29, 0.717) is 0 Å². The summed E-state index contributed by atoms with van der Waals surface area (Å²) < 4.78 is 8.88. The molecule has 0 radical (unpaired) electrons. The first-order chi connectivity index (χ1) is 2.00. The Labute approximate surface area is 72.4 Å². The molecule has 0 fully saturated rings. The van der Waals surface area contributed by atoms with Crippen molar-refractivity contribution in [2.75, 3.05) is 0 Å². The van der Waals surface area contributed by atoms with Crippen molar-refractivity contribution in [3.63, 3.8) is 0 Å². The Hall–Kier alpha value is 1.62. The van der Waals surface area contributed by atoms with Gasteiger partial charge in [0, 0.05) is 45.7 Å². The van der Waals surface area contributed by atoms with Crippen molar-refractivity contribution in [3.8, 4) is 0 Å². The normalized spacial score (nSPS) is 8.43. The van der Waals surface area contributed by atoms with Crippen LogP contribution in [0, 0.1) is 0 Å². The number of phosphoric acid groups is 1. The van der Waals surface area contributed by atoms with Gasteiger partial charge in [0.25, 0.3) is 0 Å². The standard InChI is InChI=1S/H3O4P.Zn.Zr/c1-5(2,3)4;;/h(H3,1,2,3,4);;. The van der Waals surface area contributed by atoms with Gasteiger partial charge in [-0.05, 0) is 0 Å². The summed E-state index contributed by atoms with van der Waals surface area (Å²) in [6.45, 7) is 0. The summed E-state index contributed by atoms with van der Waals surface area (Å²) in [6, 6.07) is 0. The molecule has 0 spiro atoms. The van der Waals surface area contributed by atoms with Crippen molar-refractivity contribution in [2.45, 2.75) is 0 Å². The van der Waals surface area contributed by atoms with E-state index in [-0.39, 0.29) is 45.7 Å². The first-order valence-corrected chi connectivity index (χ1v) is 2.35. The number of rotatable bonds is 0. The molecule has 38 valence electrons. The fourth-order valence-corrected chi connectivity index (χ4v) is 0. The minimum Gasteiger partial charge on any atom is -0.303 e. The molecule has 0 aromatic carbocycles. The maximum atomic E-state index is 8.88. The van der Waals surface area contributed by atoms with Gasteiger partial charge in [0.1, 0.15) is 0 Å². The van der Waals surface area contributed by atoms with Crippen LogP contribution in [0.25, 0.3) is 0 Å². The van der Waals surface area contributed by atoms with Crippen LogP contribution in [0.1, 0.15) is 0 Å². The van der Waals surface area contributed by atoms with Crippen LogP contribution in [-0.4, -0.2) is 14.7 Å². The first kappa shape index (κ1) is 15.8. The fourth-order valence-electron chi connectivity index (χ4n) is 0. The van der Waals surface area contributed by atoms with Crippen LogP contribution >= 0.6 is 7.82 Å². The summed E-state index contributed by atoms with van der Waals surface area (Å²) in [4.78, 5) is 21.6. The van der Waals surface area contributed by atoms with Gasteiger partial charge >= 0.3 is 7.82 Å². The van der Waals surface area contributed by atoms with E-state index in [2.05, 4.69) is 0 Å². The van der Waals surface area contributed by atoms with Gasteiger partial charge in [-0.2, -0.15) is 0 Å². The van der Waals surface area contributed by atoms with Crippen LogP contribution in [0.2, 0.25) is 0 Å². The molecule has 0 aliphatic heterocycles. The Bertz CT molecular complexity index is 57.8. The molecule has 0 aromatic rings. The first-order valence-electron chi connectivity index (χ1n) is 0.783. The molecule has 0 unspecified atom stereocenters. The van der Waals surface area contributed by atoms with Crippen LogP contribution in [-0.2, 0) is 50.2 Å². The molecule has 0 rings (SSSR count). The third-order valence-corrected chi connectivity index (χ3v) is 0. The van der Waals surface area contributed by atoms with Crippen molar-refractivity contribution < 1.29 is 64.9 Å². The Balaban J connectivity index is -0.0000000800. The largest absolute Gasteiger partial charge is 0.466 e. The molecule has 0 aromatic heterocycles. The minimum atomic E-state index is -4.64. The molecule has 7 heteroatoms. The van der Waals surface area contributed by atoms with Crippen molar-refractivity contribution in [1.29, 1.82) is 0 Å². The maximum absolute atomic E-state index is 8.88. The quantitative estimate of drug-likeness (QED) is 0.385. The summed E-state index contributed by atoms with van der Waals surface area (Å²) in [6.07, 6.45) is 0. The zero-order valence-corrected chi connectivity index (χ0v) is 9.72. The van der Waals surface area contributed by atoms with E-state index >= 15 is 0 Å². The zero-order chi connectivity index (χ0) is 4.50. The van der Waals surface area contributed by atoms with Crippen LogP contribution in [0.3, 0.4) is 0 Å². The topological polar surface area (TPSA) is 77.8 Å². The van der Waals surface area contributed by atoms with E-state index in [9.17, 15) is 0 Å². The fraction of sp³-hybridized carbons (Fsp3) is 0. The summed E-state index contributed by atoms with van der Waals surface area (Å²) in [5, 5.41) is 0. The second kappa shape index (κ2) is 5.75. The van der Waals surface area contributed by atoms with E-state index in [1.807, 2.05) is 0 Å². The average molecular weight is 255 g/mol. The van der Waals surface area contributed by atoms with E-state index in [1.54, 1.807) is 0 Å². The summed E-state index contributed by atoms with van der Waals surface area (Å²) in [5.41, 5.74) is 0. The SMILES string of the molecule is O=P(O)(O)O.[Zn].[Zr]. The smallest absolute Gasteiger partial charge is 0.303 e. The molecule has 4 nitrogen and oxygen atoms in total. The summed E-state index contributed by atoms with van der Waals surface area (Å²) in [7, 11) is -4.64. The van der Waals surface area contributed by atoms with E-state index in [1.165, 1.54) is 0 Å². The van der Waals surface area contributed by atoms with Crippen molar-refractivity contribution in [3.05, 3.63) is 0 Å². The second-order valence-electron chi connectivity index (χ2n) is 0.513. The minimum absolute atomic E-state index is 0. The molecular formula is H3O4PZnZr. The predicted molar refractivity (Wildman–Crippen MR) is 14.3 cm³/mol. The third-order valence-electron chi connectivity index (χ3n) is 0. The predicted octanol–water partition coefficient (Wildman–Crippen LogP) is -0.934. The van der Waals surface area contributed by atoms with Crippen molar-refractivity contribution >= 4 is 7.82 Å². The third kappa shape index (κ3) is 91.9. The van der Waals surface area contributed by atoms with Crippen molar-refractivity contribution in [2.24, 2.45) is 0 Å². The van der Waals surface area contributed by atoms with Gasteiger partial charge < -0.3 is 14.7 Å². The Kier molecular flexibility index (Phi) is 13.0. The number of hydrogen-bond acceptors (Lipinski definition) is 1. The Morgan fingerprint density at radius 1 is 1.14 bits per heavy atom. The number of hydrogen-bond donors (Lipinski definition) is 3. The second-order valence-corrected chi connectivity index (χ2v) is 1.54. The molecule has 0 amide bonds. The van der Waals surface area contributed by atoms with Gasteiger partial charge in [0.2, 0.25) is 0 Å². The van der Waals surface area contributed by atoms with Crippen LogP contribution in [0.4, 0.5) is 0 Å². The van der Waals surface area contributed by atoms with Crippen LogP contribution < -0.4 is 0 Å². The molecule has 3 N–H and O–H groups in total. The van der Waals surface area contributed by atoms with Gasteiger partial charge in [-0.25, -0.2) is 4.57 Å². The van der Waals surface area contributed by atoms with E-state index in [0.717, 1.165) is 0 Å². The molecule has 0 heterocycles. The monoisotopic (exact) mass is 252 g/mol. The van der Waals surface area contributed by atoms with E-state index < -0.39 is 7.82 Å². The molecule has 0 aliphatic rings. The zero-order valence-electron chi connectivity index (χ0n) is 3.40. The van der Waals surface area contributed by atoms with Gasteiger partial charge in [-0.15, -0.1) is 0 Å². The molecule has 0 saturated heterocycles. The Morgan fingerprint density at radius 3 is 1.14 bits per heavy atom. The molecule has 0 saturated carbocycles. The maximum Gasteiger partial charge on any atom is 0.466 e. The average Bonchev–Trinajstić information content (AvgIpc) is 0.722.